The van der Waals surface area contributed by atoms with Gasteiger partial charge in [0.05, 0.1) is 16.6 Å². The van der Waals surface area contributed by atoms with E-state index in [0.29, 0.717) is 13.1 Å². The summed E-state index contributed by atoms with van der Waals surface area (Å²) < 4.78 is 58.1. The highest BCUT2D eigenvalue weighted by atomic mass is 19.4. The Bertz CT molecular complexity index is 992. The number of hydrogen-bond donors (Lipinski definition) is 1. The summed E-state index contributed by atoms with van der Waals surface area (Å²) in [7, 11) is 1.82. The first kappa shape index (κ1) is 20.1. The van der Waals surface area contributed by atoms with Crippen molar-refractivity contribution in [3.05, 3.63) is 39.4 Å². The lowest BCUT2D eigenvalue weighted by Crippen LogP contribution is -2.45. The first-order valence-electron chi connectivity index (χ1n) is 8.69. The summed E-state index contributed by atoms with van der Waals surface area (Å²) in [5.74, 6) is -2.77. The number of anilines is 1. The molecule has 152 valence electrons. The summed E-state index contributed by atoms with van der Waals surface area (Å²) in [5, 5.41) is 8.59. The molecule has 2 heterocycles. The lowest BCUT2D eigenvalue weighted by Gasteiger charge is -2.36. The summed E-state index contributed by atoms with van der Waals surface area (Å²) in [6.07, 6.45) is -4.05. The van der Waals surface area contributed by atoms with Crippen molar-refractivity contribution in [2.45, 2.75) is 19.6 Å². The number of likely N-dealkylation sites (N-methyl/N-ethyl adjacent to an activating group) is 1. The Balaban J connectivity index is 2.43. The summed E-state index contributed by atoms with van der Waals surface area (Å²) in [5.41, 5.74) is -4.18. The van der Waals surface area contributed by atoms with Gasteiger partial charge < -0.3 is 19.5 Å². The van der Waals surface area contributed by atoms with Crippen molar-refractivity contribution in [3.63, 3.8) is 0 Å². The molecule has 1 aromatic carbocycles. The lowest BCUT2D eigenvalue weighted by atomic mass is 10.0. The van der Waals surface area contributed by atoms with Crippen LogP contribution in [0.4, 0.5) is 23.2 Å². The topological polar surface area (TPSA) is 65.8 Å². The molecule has 0 spiro atoms. The van der Waals surface area contributed by atoms with Crippen molar-refractivity contribution in [1.82, 2.24) is 9.47 Å². The maximum atomic E-state index is 14.9. The second-order valence-electron chi connectivity index (χ2n) is 6.73. The normalized spacial score (nSPS) is 16.0. The standard InChI is InChI=1S/C18H19F4N3O3/c1-3-24-9-11(17(27)28)16(26)10-8-12(19)15(13(14(10)24)18(20,21)22)25-6-4-23(2)5-7-25/h8-9H,3-7H2,1-2H3,(H,27,28). The number of halogens is 4. The fourth-order valence-corrected chi connectivity index (χ4v) is 3.53. The molecule has 2 aromatic rings. The van der Waals surface area contributed by atoms with E-state index in [1.807, 2.05) is 11.9 Å². The third-order valence-corrected chi connectivity index (χ3v) is 4.96. The Kier molecular flexibility index (Phi) is 5.09. The maximum Gasteiger partial charge on any atom is 0.420 e. The summed E-state index contributed by atoms with van der Waals surface area (Å²) in [6.45, 7) is 2.83. The third kappa shape index (κ3) is 3.32. The quantitative estimate of drug-likeness (QED) is 0.802. The maximum absolute atomic E-state index is 14.9. The highest BCUT2D eigenvalue weighted by Crippen LogP contribution is 2.43. The molecule has 0 radical (unpaired) electrons. The summed E-state index contributed by atoms with van der Waals surface area (Å²) in [4.78, 5) is 27.0. The van der Waals surface area contributed by atoms with Crippen LogP contribution in [-0.2, 0) is 12.7 Å². The number of aromatic carboxylic acids is 1. The van der Waals surface area contributed by atoms with E-state index >= 15 is 0 Å². The Morgan fingerprint density at radius 1 is 1.21 bits per heavy atom. The van der Waals surface area contributed by atoms with Crippen LogP contribution in [0.5, 0.6) is 0 Å². The van der Waals surface area contributed by atoms with Gasteiger partial charge in [-0.05, 0) is 20.0 Å². The monoisotopic (exact) mass is 401 g/mol. The van der Waals surface area contributed by atoms with Crippen molar-refractivity contribution in [3.8, 4) is 0 Å². The van der Waals surface area contributed by atoms with Crippen molar-refractivity contribution in [2.24, 2.45) is 0 Å². The van der Waals surface area contributed by atoms with E-state index in [1.165, 1.54) is 11.8 Å². The number of carboxylic acids is 1. The molecule has 0 aliphatic carbocycles. The fraction of sp³-hybridized carbons (Fsp3) is 0.444. The molecule has 1 aliphatic rings. The molecule has 1 aliphatic heterocycles. The van der Waals surface area contributed by atoms with Gasteiger partial charge in [0.2, 0.25) is 5.43 Å². The van der Waals surface area contributed by atoms with Crippen molar-refractivity contribution < 1.29 is 27.5 Å². The van der Waals surface area contributed by atoms with E-state index in [1.54, 1.807) is 0 Å². The van der Waals surface area contributed by atoms with Gasteiger partial charge in [-0.25, -0.2) is 9.18 Å². The molecule has 0 amide bonds. The van der Waals surface area contributed by atoms with Crippen LogP contribution in [0.3, 0.4) is 0 Å². The Morgan fingerprint density at radius 3 is 2.32 bits per heavy atom. The van der Waals surface area contributed by atoms with Gasteiger partial charge >= 0.3 is 12.1 Å². The van der Waals surface area contributed by atoms with Crippen LogP contribution < -0.4 is 10.3 Å². The van der Waals surface area contributed by atoms with E-state index in [4.69, 9.17) is 0 Å². The molecule has 0 atom stereocenters. The second-order valence-corrected chi connectivity index (χ2v) is 6.73. The summed E-state index contributed by atoms with van der Waals surface area (Å²) >= 11 is 0. The average molecular weight is 401 g/mol. The number of alkyl halides is 3. The van der Waals surface area contributed by atoms with Crippen LogP contribution in [0.25, 0.3) is 10.9 Å². The molecule has 1 aromatic heterocycles. The number of nitrogens with zero attached hydrogens (tertiary/aromatic N) is 3. The predicted molar refractivity (Wildman–Crippen MR) is 95.5 cm³/mol. The van der Waals surface area contributed by atoms with E-state index in [-0.39, 0.29) is 19.6 Å². The summed E-state index contributed by atoms with van der Waals surface area (Å²) in [6, 6.07) is 0.721. The van der Waals surface area contributed by atoms with Crippen LogP contribution in [-0.4, -0.2) is 53.8 Å². The van der Waals surface area contributed by atoms with Gasteiger partial charge in [-0.15, -0.1) is 0 Å². The highest BCUT2D eigenvalue weighted by Gasteiger charge is 2.41. The first-order valence-corrected chi connectivity index (χ1v) is 8.69. The molecule has 28 heavy (non-hydrogen) atoms. The Labute approximate surface area is 157 Å². The Morgan fingerprint density at radius 2 is 1.82 bits per heavy atom. The molecule has 3 rings (SSSR count). The van der Waals surface area contributed by atoms with Crippen LogP contribution in [0, 0.1) is 5.82 Å². The van der Waals surface area contributed by atoms with Crippen LogP contribution in [0.15, 0.2) is 17.1 Å². The largest absolute Gasteiger partial charge is 0.477 e. The molecular weight excluding hydrogens is 382 g/mol. The number of benzene rings is 1. The minimum Gasteiger partial charge on any atom is -0.477 e. The SMILES string of the molecule is CCn1cc(C(=O)O)c(=O)c2cc(F)c(N3CCN(C)CC3)c(C(F)(F)F)c21. The molecule has 1 fully saturated rings. The zero-order valence-corrected chi connectivity index (χ0v) is 15.3. The van der Waals surface area contributed by atoms with Gasteiger partial charge in [0, 0.05) is 38.9 Å². The van der Waals surface area contributed by atoms with E-state index in [9.17, 15) is 32.3 Å². The third-order valence-electron chi connectivity index (χ3n) is 4.96. The number of rotatable bonds is 3. The molecule has 0 bridgehead atoms. The number of pyridine rings is 1. The number of fused-ring (bicyclic) bond motifs is 1. The van der Waals surface area contributed by atoms with Crippen LogP contribution in [0.2, 0.25) is 0 Å². The number of aryl methyl sites for hydroxylation is 1. The van der Waals surface area contributed by atoms with Crippen LogP contribution >= 0.6 is 0 Å². The number of carbonyl (C=O) groups is 1. The smallest absolute Gasteiger partial charge is 0.420 e. The zero-order valence-electron chi connectivity index (χ0n) is 15.3. The molecule has 1 saturated heterocycles. The van der Waals surface area contributed by atoms with Gasteiger partial charge in [0.1, 0.15) is 16.9 Å². The van der Waals surface area contributed by atoms with Crippen molar-refractivity contribution in [1.29, 1.82) is 0 Å². The van der Waals surface area contributed by atoms with Gasteiger partial charge in [-0.2, -0.15) is 13.2 Å². The lowest BCUT2D eigenvalue weighted by molar-refractivity contribution is -0.136. The Hall–Kier alpha value is -2.62. The fourth-order valence-electron chi connectivity index (χ4n) is 3.53. The molecule has 10 heteroatoms. The number of carboxylic acid groups (broad SMARTS) is 1. The number of piperazine rings is 1. The molecule has 1 N–H and O–H groups in total. The van der Waals surface area contributed by atoms with Crippen LogP contribution in [0.1, 0.15) is 22.8 Å². The number of aromatic nitrogens is 1. The number of hydrogen-bond acceptors (Lipinski definition) is 4. The van der Waals surface area contributed by atoms with E-state index < -0.39 is 51.1 Å². The average Bonchev–Trinajstić information content (AvgIpc) is 2.61. The molecular formula is C18H19F4N3O3. The molecule has 0 unspecified atom stereocenters. The predicted octanol–water partition coefficient (Wildman–Crippen LogP) is 2.63. The first-order chi connectivity index (χ1) is 13.1. The van der Waals surface area contributed by atoms with Crippen molar-refractivity contribution in [2.75, 3.05) is 38.1 Å². The van der Waals surface area contributed by atoms with E-state index in [0.717, 1.165) is 16.8 Å². The highest BCUT2D eigenvalue weighted by molar-refractivity contribution is 5.95. The van der Waals surface area contributed by atoms with Gasteiger partial charge in [-0.3, -0.25) is 4.79 Å². The zero-order chi connectivity index (χ0) is 20.8. The molecule has 0 saturated carbocycles. The van der Waals surface area contributed by atoms with Crippen molar-refractivity contribution >= 4 is 22.6 Å². The second kappa shape index (κ2) is 7.08. The van der Waals surface area contributed by atoms with Gasteiger partial charge in [0.15, 0.2) is 0 Å². The van der Waals surface area contributed by atoms with Gasteiger partial charge in [-0.1, -0.05) is 0 Å². The molecule has 6 nitrogen and oxygen atoms in total. The van der Waals surface area contributed by atoms with Gasteiger partial charge in [0.25, 0.3) is 0 Å². The minimum atomic E-state index is -4.94. The van der Waals surface area contributed by atoms with E-state index in [2.05, 4.69) is 0 Å². The minimum absolute atomic E-state index is 0.0199.